The van der Waals surface area contributed by atoms with Crippen LogP contribution in [0.3, 0.4) is 0 Å². The molecule has 0 spiro atoms. The van der Waals surface area contributed by atoms with E-state index in [1.165, 1.54) is 12.0 Å². The fourth-order valence-corrected chi connectivity index (χ4v) is 5.53. The predicted octanol–water partition coefficient (Wildman–Crippen LogP) is 6.56. The number of aromatic nitrogens is 2. The lowest BCUT2D eigenvalue weighted by Gasteiger charge is -2.29. The highest BCUT2D eigenvalue weighted by molar-refractivity contribution is 6.30. The van der Waals surface area contributed by atoms with Crippen LogP contribution < -0.4 is 0 Å². The highest BCUT2D eigenvalue weighted by Gasteiger charge is 2.37. The number of carbonyl (C=O) groups excluding carboxylic acids is 3. The SMILES string of the molecule is COC(=O)C(OC(C)(C)C)c1c(C)nc2c(c(C)c(C)n2CN2C(=O)c3ccccc3C2=O)c1-c1ccc(Cl)cc1. The average Bonchev–Trinajstić information content (AvgIpc) is 3.31. The molecule has 3 heterocycles. The lowest BCUT2D eigenvalue weighted by molar-refractivity contribution is -0.164. The van der Waals surface area contributed by atoms with Crippen LogP contribution in [0.5, 0.6) is 0 Å². The average molecular weight is 574 g/mol. The number of hydrogen-bond acceptors (Lipinski definition) is 6. The molecule has 8 nitrogen and oxygen atoms in total. The highest BCUT2D eigenvalue weighted by Crippen LogP contribution is 2.43. The summed E-state index contributed by atoms with van der Waals surface area (Å²) in [5, 5.41) is 1.36. The van der Waals surface area contributed by atoms with E-state index in [-0.39, 0.29) is 18.5 Å². The van der Waals surface area contributed by atoms with Crippen LogP contribution >= 0.6 is 11.6 Å². The summed E-state index contributed by atoms with van der Waals surface area (Å²) >= 11 is 6.25. The van der Waals surface area contributed by atoms with E-state index in [0.29, 0.717) is 33.1 Å². The van der Waals surface area contributed by atoms with E-state index in [4.69, 9.17) is 26.1 Å². The molecule has 0 aliphatic carbocycles. The quantitative estimate of drug-likeness (QED) is 0.191. The van der Waals surface area contributed by atoms with Gasteiger partial charge in [0.25, 0.3) is 11.8 Å². The molecule has 0 saturated carbocycles. The van der Waals surface area contributed by atoms with Crippen molar-refractivity contribution in [2.45, 2.75) is 59.9 Å². The molecule has 2 amide bonds. The summed E-state index contributed by atoms with van der Waals surface area (Å²) in [6.45, 7) is 11.3. The number of amides is 2. The van der Waals surface area contributed by atoms with Crippen LogP contribution in [0, 0.1) is 20.8 Å². The van der Waals surface area contributed by atoms with Gasteiger partial charge in [-0.2, -0.15) is 0 Å². The number of rotatable bonds is 6. The van der Waals surface area contributed by atoms with E-state index in [9.17, 15) is 14.4 Å². The fraction of sp³-hybridized carbons (Fsp3) is 0.312. The third kappa shape index (κ3) is 4.91. The molecule has 212 valence electrons. The van der Waals surface area contributed by atoms with E-state index in [0.717, 1.165) is 27.8 Å². The molecule has 1 unspecified atom stereocenters. The topological polar surface area (TPSA) is 90.7 Å². The Balaban J connectivity index is 1.77. The van der Waals surface area contributed by atoms with Crippen molar-refractivity contribution in [1.82, 2.24) is 14.5 Å². The largest absolute Gasteiger partial charge is 0.467 e. The van der Waals surface area contributed by atoms with Crippen LogP contribution in [-0.4, -0.2) is 44.9 Å². The maximum Gasteiger partial charge on any atom is 0.339 e. The number of hydrogen-bond donors (Lipinski definition) is 0. The van der Waals surface area contributed by atoms with Crippen molar-refractivity contribution in [2.24, 2.45) is 0 Å². The zero-order chi connectivity index (χ0) is 29.8. The van der Waals surface area contributed by atoms with Crippen LogP contribution in [-0.2, 0) is 20.9 Å². The Labute approximate surface area is 243 Å². The molecule has 5 rings (SSSR count). The van der Waals surface area contributed by atoms with Gasteiger partial charge in [-0.25, -0.2) is 9.78 Å². The van der Waals surface area contributed by atoms with Gasteiger partial charge in [0.2, 0.25) is 0 Å². The second kappa shape index (κ2) is 10.4. The number of fused-ring (bicyclic) bond motifs is 2. The second-order valence-electron chi connectivity index (χ2n) is 11.2. The number of carbonyl (C=O) groups is 3. The summed E-state index contributed by atoms with van der Waals surface area (Å²) in [5.41, 5.74) is 5.14. The Morgan fingerprint density at radius 1 is 0.976 bits per heavy atom. The molecule has 0 radical (unpaired) electrons. The van der Waals surface area contributed by atoms with Crippen LogP contribution in [0.1, 0.15) is 70.1 Å². The second-order valence-corrected chi connectivity index (χ2v) is 11.6. The first-order chi connectivity index (χ1) is 19.3. The van der Waals surface area contributed by atoms with Crippen molar-refractivity contribution < 1.29 is 23.9 Å². The number of nitrogens with zero attached hydrogens (tertiary/aromatic N) is 3. The van der Waals surface area contributed by atoms with Gasteiger partial charge in [0.15, 0.2) is 6.10 Å². The minimum absolute atomic E-state index is 0.00666. The molecular formula is C32H32ClN3O5. The van der Waals surface area contributed by atoms with Crippen molar-refractivity contribution >= 4 is 40.4 Å². The standard InChI is InChI=1S/C32H32ClN3O5/c1-17-19(3)35(16-36-29(37)22-10-8-9-11-23(22)30(36)38)28-24(17)26(20-12-14-21(33)15-13-20)25(18(2)34-28)27(31(39)40-7)41-32(4,5)6/h8-15,27H,16H2,1-7H3. The van der Waals surface area contributed by atoms with Crippen molar-refractivity contribution in [3.8, 4) is 11.1 Å². The molecule has 1 aliphatic rings. The zero-order valence-electron chi connectivity index (χ0n) is 24.2. The Morgan fingerprint density at radius 3 is 2.10 bits per heavy atom. The first-order valence-corrected chi connectivity index (χ1v) is 13.7. The number of methoxy groups -OCH3 is 1. The molecule has 41 heavy (non-hydrogen) atoms. The number of aryl methyl sites for hydroxylation is 2. The van der Waals surface area contributed by atoms with E-state index in [1.807, 2.05) is 58.2 Å². The summed E-state index contributed by atoms with van der Waals surface area (Å²) in [6, 6.07) is 14.2. The van der Waals surface area contributed by atoms with Gasteiger partial charge in [-0.1, -0.05) is 35.9 Å². The molecule has 9 heteroatoms. The third-order valence-electron chi connectivity index (χ3n) is 7.43. The molecule has 1 atom stereocenters. The van der Waals surface area contributed by atoms with Gasteiger partial charge in [-0.05, 0) is 76.9 Å². The van der Waals surface area contributed by atoms with E-state index in [1.54, 1.807) is 36.4 Å². The molecule has 1 aliphatic heterocycles. The van der Waals surface area contributed by atoms with Gasteiger partial charge in [-0.3, -0.25) is 14.5 Å². The molecule has 4 aromatic rings. The Bertz CT molecular complexity index is 1680. The van der Waals surface area contributed by atoms with Crippen LogP contribution in [0.15, 0.2) is 48.5 Å². The lowest BCUT2D eigenvalue weighted by atomic mass is 9.91. The first-order valence-electron chi connectivity index (χ1n) is 13.3. The first kappa shape index (κ1) is 28.5. The third-order valence-corrected chi connectivity index (χ3v) is 7.68. The Morgan fingerprint density at radius 2 is 1.56 bits per heavy atom. The van der Waals surface area contributed by atoms with Crippen LogP contribution in [0.4, 0.5) is 0 Å². The van der Waals surface area contributed by atoms with Gasteiger partial charge in [0, 0.05) is 32.9 Å². The van der Waals surface area contributed by atoms with Gasteiger partial charge in [0.1, 0.15) is 12.3 Å². The zero-order valence-corrected chi connectivity index (χ0v) is 24.9. The van der Waals surface area contributed by atoms with Crippen molar-refractivity contribution in [3.63, 3.8) is 0 Å². The number of halogens is 1. The number of esters is 1. The smallest absolute Gasteiger partial charge is 0.339 e. The van der Waals surface area contributed by atoms with Gasteiger partial charge >= 0.3 is 5.97 Å². The van der Waals surface area contributed by atoms with Gasteiger partial charge in [0.05, 0.1) is 23.8 Å². The van der Waals surface area contributed by atoms with Crippen LogP contribution in [0.2, 0.25) is 5.02 Å². The van der Waals surface area contributed by atoms with E-state index in [2.05, 4.69) is 0 Å². The van der Waals surface area contributed by atoms with Crippen molar-refractivity contribution in [1.29, 1.82) is 0 Å². The molecule has 0 fully saturated rings. The lowest BCUT2D eigenvalue weighted by Crippen LogP contribution is -2.32. The molecular weight excluding hydrogens is 542 g/mol. The van der Waals surface area contributed by atoms with Crippen molar-refractivity contribution in [2.75, 3.05) is 7.11 Å². The van der Waals surface area contributed by atoms with Gasteiger partial charge in [-0.15, -0.1) is 0 Å². The molecule has 0 N–H and O–H groups in total. The molecule has 0 bridgehead atoms. The van der Waals surface area contributed by atoms with Crippen molar-refractivity contribution in [3.05, 3.63) is 87.2 Å². The molecule has 2 aromatic heterocycles. The summed E-state index contributed by atoms with van der Waals surface area (Å²) in [5.74, 6) is -1.24. The van der Waals surface area contributed by atoms with E-state index >= 15 is 0 Å². The summed E-state index contributed by atoms with van der Waals surface area (Å²) in [4.78, 5) is 45.9. The Hall–Kier alpha value is -4.01. The molecule has 2 aromatic carbocycles. The minimum atomic E-state index is -1.05. The summed E-state index contributed by atoms with van der Waals surface area (Å²) in [7, 11) is 1.33. The number of ether oxygens (including phenoxy) is 2. The van der Waals surface area contributed by atoms with E-state index < -0.39 is 17.7 Å². The molecule has 0 saturated heterocycles. The number of imide groups is 1. The van der Waals surface area contributed by atoms with Crippen LogP contribution in [0.25, 0.3) is 22.2 Å². The summed E-state index contributed by atoms with van der Waals surface area (Å²) < 4.78 is 13.4. The predicted molar refractivity (Wildman–Crippen MR) is 157 cm³/mol. The fourth-order valence-electron chi connectivity index (χ4n) is 5.40. The minimum Gasteiger partial charge on any atom is -0.467 e. The Kier molecular flexibility index (Phi) is 7.26. The monoisotopic (exact) mass is 573 g/mol. The summed E-state index contributed by atoms with van der Waals surface area (Å²) in [6.07, 6.45) is -1.05. The highest BCUT2D eigenvalue weighted by atomic mass is 35.5. The number of benzene rings is 2. The number of pyridine rings is 1. The normalized spacial score (nSPS) is 14.1. The maximum atomic E-state index is 13.2. The van der Waals surface area contributed by atoms with Gasteiger partial charge < -0.3 is 14.0 Å². The maximum absolute atomic E-state index is 13.2.